The van der Waals surface area contributed by atoms with E-state index in [9.17, 15) is 12.9 Å². The molecule has 1 rings (SSSR count). The maximum Gasteiger partial charge on any atom is 1.00 e. The Balaban J connectivity index is 0.000000810. The number of hydrogen-bond donors (Lipinski definition) is 0. The first-order valence-corrected chi connectivity index (χ1v) is 3.00. The second kappa shape index (κ2) is 4.11. The van der Waals surface area contributed by atoms with Crippen molar-refractivity contribution in [2.24, 2.45) is 0 Å². The molecule has 0 radical (unpaired) electrons. The zero-order chi connectivity index (χ0) is 7.07. The number of alkyl halides is 1. The zero-order valence-electron chi connectivity index (χ0n) is 5.36. The van der Waals surface area contributed by atoms with E-state index in [1.165, 1.54) is 0 Å². The summed E-state index contributed by atoms with van der Waals surface area (Å²) in [6, 6.07) is -1.54. The van der Waals surface area contributed by atoms with Crippen molar-refractivity contribution in [3.05, 3.63) is 0 Å². The van der Waals surface area contributed by atoms with Crippen LogP contribution in [0.4, 0.5) is 12.9 Å². The molecular weight excluding hydrogens is 194 g/mol. The number of hydrogen-bond acceptors (Lipinski definition) is 1. The van der Waals surface area contributed by atoms with Crippen molar-refractivity contribution in [2.75, 3.05) is 5.88 Å². The summed E-state index contributed by atoms with van der Waals surface area (Å²) in [4.78, 5) is 0. The fourth-order valence-corrected chi connectivity index (χ4v) is 0.861. The van der Waals surface area contributed by atoms with Gasteiger partial charge < -0.3 is 17.7 Å². The minimum atomic E-state index is -4.80. The molecule has 0 aromatic heterocycles. The van der Waals surface area contributed by atoms with Gasteiger partial charge in [-0.05, 0) is 0 Å². The maximum atomic E-state index is 11.6. The molecule has 1 aliphatic heterocycles. The summed E-state index contributed by atoms with van der Waals surface area (Å²) in [5, 5.41) is 0. The molecule has 1 saturated heterocycles. The molecule has 10 heavy (non-hydrogen) atoms. The summed E-state index contributed by atoms with van der Waals surface area (Å²) in [7, 11) is 0. The van der Waals surface area contributed by atoms with Crippen LogP contribution in [0.2, 0.25) is 0 Å². The normalized spacial score (nSPS) is 31.2. The van der Waals surface area contributed by atoms with Gasteiger partial charge >= 0.3 is 58.4 Å². The van der Waals surface area contributed by atoms with E-state index in [1.807, 2.05) is 0 Å². The second-order valence-electron chi connectivity index (χ2n) is 1.92. The number of rotatable bonds is 2. The van der Waals surface area contributed by atoms with Gasteiger partial charge in [0.2, 0.25) is 0 Å². The van der Waals surface area contributed by atoms with E-state index >= 15 is 0 Å². The van der Waals surface area contributed by atoms with Crippen LogP contribution in [0.3, 0.4) is 0 Å². The Hall–Kier alpha value is 1.74. The summed E-state index contributed by atoms with van der Waals surface area (Å²) in [6.07, 6.45) is -0.772. The topological polar surface area (TPSA) is 12.5 Å². The average Bonchev–Trinajstić information content (AvgIpc) is 2.39. The molecule has 7 heteroatoms. The Kier molecular flexibility index (Phi) is 4.83. The summed E-state index contributed by atoms with van der Waals surface area (Å²) >= 11 is 5.08. The molecule has 0 saturated carbocycles. The van der Waals surface area contributed by atoms with Crippen LogP contribution in [0.5, 0.6) is 0 Å². The van der Waals surface area contributed by atoms with E-state index in [2.05, 4.69) is 4.74 Å². The predicted octanol–water partition coefficient (Wildman–Crippen LogP) is -1.62. The minimum absolute atomic E-state index is 0. The van der Waals surface area contributed by atoms with E-state index in [4.69, 9.17) is 11.6 Å². The molecule has 0 aliphatic carbocycles. The van der Waals surface area contributed by atoms with Crippen molar-refractivity contribution in [1.29, 1.82) is 0 Å². The Bertz CT molecular complexity index is 121. The molecule has 0 unspecified atom stereocenters. The molecule has 0 amide bonds. The van der Waals surface area contributed by atoms with Crippen LogP contribution in [-0.4, -0.2) is 25.0 Å². The van der Waals surface area contributed by atoms with Crippen LogP contribution < -0.4 is 51.4 Å². The largest absolute Gasteiger partial charge is 1.00 e. The molecule has 54 valence electrons. The predicted molar refractivity (Wildman–Crippen MR) is 28.5 cm³/mol. The molecule has 0 bridgehead atoms. The molecule has 1 fully saturated rings. The third kappa shape index (κ3) is 3.00. The molecule has 2 atom stereocenters. The Morgan fingerprint density at radius 1 is 1.40 bits per heavy atom. The molecule has 1 aliphatic rings. The van der Waals surface area contributed by atoms with Gasteiger partial charge in [0, 0.05) is 5.88 Å². The molecule has 0 aromatic rings. The minimum Gasteiger partial charge on any atom is -0.447 e. The van der Waals surface area contributed by atoms with E-state index in [1.54, 1.807) is 0 Å². The third-order valence-corrected chi connectivity index (χ3v) is 1.45. The standard InChI is InChI=1S/C3H4BClF3O.K/c5-1-2-3(9-2)4(6,7)8;/h2-3H,1H2;/q-1;+1/t2-,3+;/m1./s1. The second-order valence-corrected chi connectivity index (χ2v) is 2.23. The van der Waals surface area contributed by atoms with Crippen LogP contribution in [0.1, 0.15) is 0 Å². The van der Waals surface area contributed by atoms with E-state index in [-0.39, 0.29) is 57.3 Å². The van der Waals surface area contributed by atoms with Crippen molar-refractivity contribution < 1.29 is 69.1 Å². The first-order valence-electron chi connectivity index (χ1n) is 2.47. The Morgan fingerprint density at radius 2 is 1.90 bits per heavy atom. The van der Waals surface area contributed by atoms with Crippen LogP contribution in [0, 0.1) is 0 Å². The fraction of sp³-hybridized carbons (Fsp3) is 1.00. The van der Waals surface area contributed by atoms with Crippen LogP contribution in [0.15, 0.2) is 0 Å². The van der Waals surface area contributed by atoms with Gasteiger partial charge in [0.1, 0.15) is 0 Å². The van der Waals surface area contributed by atoms with Gasteiger partial charge in [-0.3, -0.25) is 0 Å². The molecule has 0 aromatic carbocycles. The van der Waals surface area contributed by atoms with Gasteiger partial charge in [0.25, 0.3) is 0 Å². The number of ether oxygens (including phenoxy) is 1. The van der Waals surface area contributed by atoms with Crippen LogP contribution in [0.25, 0.3) is 0 Å². The first-order chi connectivity index (χ1) is 4.05. The first kappa shape index (κ1) is 11.7. The van der Waals surface area contributed by atoms with Crippen molar-refractivity contribution in [3.63, 3.8) is 0 Å². The summed E-state index contributed by atoms with van der Waals surface area (Å²) < 4.78 is 38.9. The molecular formula is C3H4BClF3KO. The van der Waals surface area contributed by atoms with Crippen molar-refractivity contribution >= 4 is 18.6 Å². The van der Waals surface area contributed by atoms with E-state index < -0.39 is 19.1 Å². The van der Waals surface area contributed by atoms with Gasteiger partial charge in [0.05, 0.1) is 12.1 Å². The maximum absolute atomic E-state index is 11.6. The van der Waals surface area contributed by atoms with Crippen LogP contribution >= 0.6 is 11.6 Å². The Labute approximate surface area is 104 Å². The molecule has 1 heterocycles. The van der Waals surface area contributed by atoms with Gasteiger partial charge in [-0.25, -0.2) is 0 Å². The zero-order valence-corrected chi connectivity index (χ0v) is 9.24. The molecule has 1 nitrogen and oxygen atoms in total. The van der Waals surface area contributed by atoms with Gasteiger partial charge in [-0.15, -0.1) is 11.6 Å². The summed E-state index contributed by atoms with van der Waals surface area (Å²) in [5.74, 6) is -0.0636. The average molecular weight is 198 g/mol. The van der Waals surface area contributed by atoms with Gasteiger partial charge in [-0.2, -0.15) is 0 Å². The van der Waals surface area contributed by atoms with E-state index in [0.717, 1.165) is 0 Å². The van der Waals surface area contributed by atoms with Gasteiger partial charge in [-0.1, -0.05) is 0 Å². The smallest absolute Gasteiger partial charge is 0.447 e. The SMILES string of the molecule is F[B-](F)(F)[C@H]1O[C@@H]1CCl.[K+]. The van der Waals surface area contributed by atoms with Crippen molar-refractivity contribution in [1.82, 2.24) is 0 Å². The number of halogens is 4. The third-order valence-electron chi connectivity index (χ3n) is 1.15. The number of epoxide rings is 1. The summed E-state index contributed by atoms with van der Waals surface area (Å²) in [6.45, 7) is -4.80. The van der Waals surface area contributed by atoms with E-state index in [0.29, 0.717) is 0 Å². The van der Waals surface area contributed by atoms with Crippen LogP contribution in [-0.2, 0) is 4.74 Å². The van der Waals surface area contributed by atoms with Crippen molar-refractivity contribution in [3.8, 4) is 0 Å². The quantitative estimate of drug-likeness (QED) is 0.295. The monoisotopic (exact) mass is 198 g/mol. The van der Waals surface area contributed by atoms with Crippen molar-refractivity contribution in [2.45, 2.75) is 12.1 Å². The van der Waals surface area contributed by atoms with Gasteiger partial charge in [0.15, 0.2) is 0 Å². The molecule has 0 N–H and O–H groups in total. The summed E-state index contributed by atoms with van der Waals surface area (Å²) in [5.41, 5.74) is 0. The Morgan fingerprint density at radius 3 is 2.00 bits per heavy atom. The molecule has 0 spiro atoms. The fourth-order valence-electron chi connectivity index (χ4n) is 0.613.